The number of aromatic nitrogens is 2. The molecule has 2 N–H and O–H groups in total. The van der Waals surface area contributed by atoms with Gasteiger partial charge in [0.05, 0.1) is 0 Å². The molecule has 0 radical (unpaired) electrons. The second kappa shape index (κ2) is 8.66. The third-order valence-corrected chi connectivity index (χ3v) is 6.73. The smallest absolute Gasteiger partial charge is 0.274 e. The number of rotatable bonds is 7. The summed E-state index contributed by atoms with van der Waals surface area (Å²) in [4.78, 5) is 17.9. The van der Waals surface area contributed by atoms with Gasteiger partial charge in [0.1, 0.15) is 10.6 Å². The summed E-state index contributed by atoms with van der Waals surface area (Å²) >= 11 is 7.37. The van der Waals surface area contributed by atoms with Crippen molar-refractivity contribution in [2.75, 3.05) is 5.32 Å². The number of aryl methyl sites for hydroxylation is 1. The van der Waals surface area contributed by atoms with E-state index < -0.39 is 15.9 Å². The van der Waals surface area contributed by atoms with Gasteiger partial charge in [0.2, 0.25) is 10.0 Å². The molecular formula is C19H21ClN4O3S2. The van der Waals surface area contributed by atoms with Crippen LogP contribution in [0.2, 0.25) is 5.02 Å². The summed E-state index contributed by atoms with van der Waals surface area (Å²) in [5, 5.41) is 3.84. The maximum atomic E-state index is 12.6. The molecule has 1 aromatic carbocycles. The number of hydrogen-bond acceptors (Lipinski definition) is 5. The first-order chi connectivity index (χ1) is 13.6. The maximum Gasteiger partial charge on any atom is 0.274 e. The zero-order valence-corrected chi connectivity index (χ0v) is 18.5. The fourth-order valence-electron chi connectivity index (χ4n) is 2.74. The maximum absolute atomic E-state index is 12.6. The van der Waals surface area contributed by atoms with E-state index >= 15 is 0 Å². The third kappa shape index (κ3) is 5.45. The Labute approximate surface area is 178 Å². The van der Waals surface area contributed by atoms with Crippen molar-refractivity contribution in [3.8, 4) is 0 Å². The van der Waals surface area contributed by atoms with Crippen LogP contribution in [-0.2, 0) is 23.5 Å². The van der Waals surface area contributed by atoms with E-state index in [0.717, 1.165) is 10.4 Å². The van der Waals surface area contributed by atoms with Gasteiger partial charge in [-0.05, 0) is 37.6 Å². The standard InChI is InChI=1S/C19H21ClN4O3S2/c1-12(2)23-29(26,27)16-9-17(24(3)11-16)18(25)22-19-21-10-15(28-19)8-13-5-4-6-14(20)7-13/h4-7,9-12,23H,8H2,1-3H3,(H,21,22,25). The first-order valence-corrected chi connectivity index (χ1v) is 11.5. The molecule has 0 fully saturated rings. The van der Waals surface area contributed by atoms with E-state index in [0.29, 0.717) is 16.6 Å². The van der Waals surface area contributed by atoms with Gasteiger partial charge >= 0.3 is 0 Å². The number of nitrogens with one attached hydrogen (secondary N) is 2. The molecule has 2 heterocycles. The lowest BCUT2D eigenvalue weighted by Crippen LogP contribution is -2.29. The lowest BCUT2D eigenvalue weighted by atomic mass is 10.1. The molecular weight excluding hydrogens is 432 g/mol. The van der Waals surface area contributed by atoms with E-state index in [1.54, 1.807) is 27.1 Å². The number of halogens is 1. The van der Waals surface area contributed by atoms with Crippen LogP contribution >= 0.6 is 22.9 Å². The van der Waals surface area contributed by atoms with Gasteiger partial charge in [0, 0.05) is 41.8 Å². The summed E-state index contributed by atoms with van der Waals surface area (Å²) in [6.45, 7) is 3.47. The summed E-state index contributed by atoms with van der Waals surface area (Å²) in [6.07, 6.45) is 3.77. The van der Waals surface area contributed by atoms with E-state index in [-0.39, 0.29) is 16.6 Å². The van der Waals surface area contributed by atoms with Crippen molar-refractivity contribution in [1.29, 1.82) is 0 Å². The van der Waals surface area contributed by atoms with E-state index in [4.69, 9.17) is 11.6 Å². The first-order valence-electron chi connectivity index (χ1n) is 8.83. The van der Waals surface area contributed by atoms with Crippen molar-refractivity contribution in [2.45, 2.75) is 31.2 Å². The monoisotopic (exact) mass is 452 g/mol. The molecule has 0 unspecified atom stereocenters. The van der Waals surface area contributed by atoms with E-state index in [1.165, 1.54) is 28.2 Å². The molecule has 7 nitrogen and oxygen atoms in total. The molecule has 0 saturated heterocycles. The molecule has 3 aromatic rings. The van der Waals surface area contributed by atoms with Crippen molar-refractivity contribution in [3.05, 3.63) is 63.9 Å². The minimum Gasteiger partial charge on any atom is -0.345 e. The number of carbonyl (C=O) groups is 1. The second-order valence-electron chi connectivity index (χ2n) is 6.84. The van der Waals surface area contributed by atoms with Crippen molar-refractivity contribution >= 4 is 44.0 Å². The molecule has 0 aliphatic heterocycles. The van der Waals surface area contributed by atoms with Crippen LogP contribution in [0.25, 0.3) is 0 Å². The lowest BCUT2D eigenvalue weighted by Gasteiger charge is -2.07. The van der Waals surface area contributed by atoms with Gasteiger partial charge in [-0.25, -0.2) is 18.1 Å². The van der Waals surface area contributed by atoms with Gasteiger partial charge in [0.15, 0.2) is 5.13 Å². The summed E-state index contributed by atoms with van der Waals surface area (Å²) < 4.78 is 28.6. The van der Waals surface area contributed by atoms with Gasteiger partial charge in [-0.15, -0.1) is 11.3 Å². The SMILES string of the molecule is CC(C)NS(=O)(=O)c1cc(C(=O)Nc2ncc(Cc3cccc(Cl)c3)s2)n(C)c1. The molecule has 2 aromatic heterocycles. The molecule has 0 aliphatic carbocycles. The van der Waals surface area contributed by atoms with Crippen LogP contribution in [0, 0.1) is 0 Å². The highest BCUT2D eigenvalue weighted by Crippen LogP contribution is 2.23. The average molecular weight is 453 g/mol. The zero-order chi connectivity index (χ0) is 21.2. The van der Waals surface area contributed by atoms with Gasteiger partial charge < -0.3 is 4.57 Å². The normalized spacial score (nSPS) is 11.8. The van der Waals surface area contributed by atoms with Crippen molar-refractivity contribution < 1.29 is 13.2 Å². The van der Waals surface area contributed by atoms with Crippen LogP contribution in [0.1, 0.15) is 34.8 Å². The number of amides is 1. The Morgan fingerprint density at radius 3 is 2.76 bits per heavy atom. The molecule has 0 bridgehead atoms. The van der Waals surface area contributed by atoms with E-state index in [2.05, 4.69) is 15.0 Å². The van der Waals surface area contributed by atoms with Gasteiger partial charge in [0.25, 0.3) is 5.91 Å². The number of thiazole rings is 1. The summed E-state index contributed by atoms with van der Waals surface area (Å²) in [7, 11) is -2.06. The van der Waals surface area contributed by atoms with Crippen molar-refractivity contribution in [3.63, 3.8) is 0 Å². The molecule has 154 valence electrons. The van der Waals surface area contributed by atoms with Gasteiger partial charge in [-0.3, -0.25) is 10.1 Å². The second-order valence-corrected chi connectivity index (χ2v) is 10.1. The molecule has 0 aliphatic rings. The van der Waals surface area contributed by atoms with E-state index in [1.807, 2.05) is 24.3 Å². The highest BCUT2D eigenvalue weighted by Gasteiger charge is 2.21. The number of benzene rings is 1. The number of sulfonamides is 1. The molecule has 29 heavy (non-hydrogen) atoms. The number of hydrogen-bond donors (Lipinski definition) is 2. The highest BCUT2D eigenvalue weighted by molar-refractivity contribution is 7.89. The fourth-order valence-corrected chi connectivity index (χ4v) is 5.12. The third-order valence-electron chi connectivity index (χ3n) is 3.96. The Kier molecular flexibility index (Phi) is 6.42. The van der Waals surface area contributed by atoms with Crippen molar-refractivity contribution in [2.24, 2.45) is 7.05 Å². The topological polar surface area (TPSA) is 93.1 Å². The van der Waals surface area contributed by atoms with Crippen LogP contribution in [0.4, 0.5) is 5.13 Å². The fraction of sp³-hybridized carbons (Fsp3) is 0.263. The van der Waals surface area contributed by atoms with Gasteiger partial charge in [-0.1, -0.05) is 23.7 Å². The summed E-state index contributed by atoms with van der Waals surface area (Å²) in [6, 6.07) is 8.66. The van der Waals surface area contributed by atoms with Crippen molar-refractivity contribution in [1.82, 2.24) is 14.3 Å². The lowest BCUT2D eigenvalue weighted by molar-refractivity contribution is 0.101. The molecule has 10 heteroatoms. The molecule has 3 rings (SSSR count). The Bertz CT molecular complexity index is 1140. The summed E-state index contributed by atoms with van der Waals surface area (Å²) in [5.74, 6) is -0.429. The molecule has 1 amide bonds. The minimum atomic E-state index is -3.68. The van der Waals surface area contributed by atoms with Crippen LogP contribution in [0.5, 0.6) is 0 Å². The number of nitrogens with zero attached hydrogens (tertiary/aromatic N) is 2. The number of anilines is 1. The quantitative estimate of drug-likeness (QED) is 0.572. The van der Waals surface area contributed by atoms with Crippen LogP contribution in [-0.4, -0.2) is 29.9 Å². The van der Waals surface area contributed by atoms with Crippen LogP contribution in [0.15, 0.2) is 47.6 Å². The van der Waals surface area contributed by atoms with Gasteiger partial charge in [-0.2, -0.15) is 0 Å². The average Bonchev–Trinajstić information content (AvgIpc) is 3.20. The molecule has 0 spiro atoms. The van der Waals surface area contributed by atoms with Crippen LogP contribution in [0.3, 0.4) is 0 Å². The van der Waals surface area contributed by atoms with E-state index in [9.17, 15) is 13.2 Å². The minimum absolute atomic E-state index is 0.0413. The molecule has 0 atom stereocenters. The number of carbonyl (C=O) groups excluding carboxylic acids is 1. The Morgan fingerprint density at radius 2 is 2.07 bits per heavy atom. The predicted molar refractivity (Wildman–Crippen MR) is 115 cm³/mol. The highest BCUT2D eigenvalue weighted by atomic mass is 35.5. The Morgan fingerprint density at radius 1 is 1.31 bits per heavy atom. The van der Waals surface area contributed by atoms with Crippen LogP contribution < -0.4 is 10.0 Å². The summed E-state index contributed by atoms with van der Waals surface area (Å²) in [5.41, 5.74) is 1.27. The first kappa shape index (κ1) is 21.5. The molecule has 0 saturated carbocycles. The largest absolute Gasteiger partial charge is 0.345 e. The Balaban J connectivity index is 1.72. The predicted octanol–water partition coefficient (Wildman–Crippen LogP) is 3.66. The zero-order valence-electron chi connectivity index (χ0n) is 16.1. The Hall–Kier alpha value is -2.20.